The summed E-state index contributed by atoms with van der Waals surface area (Å²) in [6.45, 7) is 2.44. The number of nitrogens with one attached hydrogen (secondary N) is 1. The molecule has 1 fully saturated rings. The van der Waals surface area contributed by atoms with Crippen LogP contribution in [0.15, 0.2) is 72.8 Å². The van der Waals surface area contributed by atoms with Crippen LogP contribution in [0.25, 0.3) is 22.2 Å². The van der Waals surface area contributed by atoms with E-state index in [2.05, 4.69) is 46.6 Å². The first-order valence-electron chi connectivity index (χ1n) is 11.3. The maximum atomic E-state index is 11.2. The van der Waals surface area contributed by atoms with E-state index in [9.17, 15) is 10.1 Å². The third-order valence-electron chi connectivity index (χ3n) is 6.02. The largest absolute Gasteiger partial charge is 0.363 e. The molecule has 3 aromatic carbocycles. The molecule has 0 aliphatic carbocycles. The zero-order valence-electron chi connectivity index (χ0n) is 18.3. The van der Waals surface area contributed by atoms with Crippen LogP contribution in [-0.2, 0) is 6.54 Å². The van der Waals surface area contributed by atoms with Gasteiger partial charge in [-0.3, -0.25) is 10.1 Å². The summed E-state index contributed by atoms with van der Waals surface area (Å²) in [5.41, 5.74) is 4.73. The number of nitrogens with zero attached hydrogens (tertiary/aromatic N) is 4. The molecule has 0 amide bonds. The fraction of sp³-hybridized carbons (Fsp3) is 0.231. The minimum absolute atomic E-state index is 0.0283. The lowest BCUT2D eigenvalue weighted by molar-refractivity contribution is -0.384. The number of rotatable bonds is 6. The van der Waals surface area contributed by atoms with Crippen LogP contribution < -0.4 is 10.2 Å². The summed E-state index contributed by atoms with van der Waals surface area (Å²) < 4.78 is 0. The Morgan fingerprint density at radius 3 is 2.30 bits per heavy atom. The minimum atomic E-state index is -0.396. The van der Waals surface area contributed by atoms with Crippen molar-refractivity contribution < 1.29 is 4.92 Å². The number of anilines is 2. The zero-order chi connectivity index (χ0) is 22.6. The van der Waals surface area contributed by atoms with Crippen LogP contribution >= 0.6 is 0 Å². The van der Waals surface area contributed by atoms with Gasteiger partial charge in [0.2, 0.25) is 0 Å². The first-order chi connectivity index (χ1) is 16.2. The molecule has 0 unspecified atom stereocenters. The van der Waals surface area contributed by atoms with Gasteiger partial charge in [-0.1, -0.05) is 54.6 Å². The predicted molar refractivity (Wildman–Crippen MR) is 131 cm³/mol. The van der Waals surface area contributed by atoms with Gasteiger partial charge < -0.3 is 10.2 Å². The van der Waals surface area contributed by atoms with E-state index >= 15 is 0 Å². The van der Waals surface area contributed by atoms with E-state index in [-0.39, 0.29) is 5.69 Å². The highest BCUT2D eigenvalue weighted by Crippen LogP contribution is 2.29. The number of hydrogen-bond donors (Lipinski definition) is 1. The lowest BCUT2D eigenvalue weighted by atomic mass is 10.0. The Balaban J connectivity index is 1.42. The van der Waals surface area contributed by atoms with Gasteiger partial charge in [-0.15, -0.1) is 0 Å². The van der Waals surface area contributed by atoms with E-state index < -0.39 is 4.92 Å². The molecule has 0 bridgehead atoms. The van der Waals surface area contributed by atoms with Crippen molar-refractivity contribution in [2.45, 2.75) is 25.8 Å². The van der Waals surface area contributed by atoms with Crippen molar-refractivity contribution in [3.8, 4) is 11.1 Å². The van der Waals surface area contributed by atoms with Crippen molar-refractivity contribution in [2.75, 3.05) is 23.3 Å². The molecule has 166 valence electrons. The van der Waals surface area contributed by atoms with Crippen molar-refractivity contribution in [1.29, 1.82) is 0 Å². The Morgan fingerprint density at radius 1 is 0.848 bits per heavy atom. The first-order valence-corrected chi connectivity index (χ1v) is 11.3. The highest BCUT2D eigenvalue weighted by atomic mass is 16.6. The number of nitro benzene ring substituents is 1. The number of hydrogen-bond acceptors (Lipinski definition) is 6. The van der Waals surface area contributed by atoms with E-state index in [1.807, 2.05) is 18.2 Å². The van der Waals surface area contributed by atoms with Gasteiger partial charge in [-0.05, 0) is 42.0 Å². The van der Waals surface area contributed by atoms with Crippen molar-refractivity contribution in [2.24, 2.45) is 0 Å². The van der Waals surface area contributed by atoms with Crippen LogP contribution in [0.3, 0.4) is 0 Å². The molecule has 1 saturated heterocycles. The summed E-state index contributed by atoms with van der Waals surface area (Å²) in [6.07, 6.45) is 3.42. The molecule has 0 spiro atoms. The first kappa shape index (κ1) is 20.9. The van der Waals surface area contributed by atoms with E-state index in [4.69, 9.17) is 9.97 Å². The normalized spacial score (nSPS) is 13.8. The summed E-state index contributed by atoms with van der Waals surface area (Å²) in [7, 11) is 0. The zero-order valence-corrected chi connectivity index (χ0v) is 18.3. The SMILES string of the molecule is O=[N+]([O-])c1ccc2nc(NCc3ccc(-c4ccccc4)cc3)c(N3CCCCC3)nc2c1. The Hall–Kier alpha value is -4.00. The van der Waals surface area contributed by atoms with Crippen LogP contribution in [0.2, 0.25) is 0 Å². The quantitative estimate of drug-likeness (QED) is 0.302. The summed E-state index contributed by atoms with van der Waals surface area (Å²) in [5, 5.41) is 14.7. The topological polar surface area (TPSA) is 84.2 Å². The molecule has 7 heteroatoms. The van der Waals surface area contributed by atoms with Crippen molar-refractivity contribution in [3.63, 3.8) is 0 Å². The van der Waals surface area contributed by atoms with E-state index in [0.717, 1.165) is 37.3 Å². The average Bonchev–Trinajstić information content (AvgIpc) is 2.88. The third kappa shape index (κ3) is 4.62. The molecule has 1 aliphatic heterocycles. The molecule has 33 heavy (non-hydrogen) atoms. The monoisotopic (exact) mass is 439 g/mol. The second-order valence-electron chi connectivity index (χ2n) is 8.29. The highest BCUT2D eigenvalue weighted by molar-refractivity contribution is 5.82. The molecular weight excluding hydrogens is 414 g/mol. The van der Waals surface area contributed by atoms with Crippen LogP contribution in [0.1, 0.15) is 24.8 Å². The Morgan fingerprint density at radius 2 is 1.58 bits per heavy atom. The standard InChI is InChI=1S/C26H25N5O2/c32-31(33)22-13-14-23-24(17-22)29-26(30-15-5-2-6-16-30)25(28-23)27-18-19-9-11-21(12-10-19)20-7-3-1-4-8-20/h1,3-4,7-14,17H,2,5-6,15-16,18H2,(H,27,28). The third-order valence-corrected chi connectivity index (χ3v) is 6.02. The van der Waals surface area contributed by atoms with Gasteiger partial charge in [0.05, 0.1) is 16.0 Å². The number of fused-ring (bicyclic) bond motifs is 1. The van der Waals surface area contributed by atoms with Gasteiger partial charge in [0.25, 0.3) is 5.69 Å². The van der Waals surface area contributed by atoms with Gasteiger partial charge in [0, 0.05) is 31.8 Å². The molecule has 4 aromatic rings. The second kappa shape index (κ2) is 9.24. The van der Waals surface area contributed by atoms with Gasteiger partial charge in [0.1, 0.15) is 0 Å². The fourth-order valence-corrected chi connectivity index (χ4v) is 4.22. The predicted octanol–water partition coefficient (Wildman–Crippen LogP) is 5.81. The Kier molecular flexibility index (Phi) is 5.85. The average molecular weight is 440 g/mol. The van der Waals surface area contributed by atoms with Crippen molar-refractivity contribution >= 4 is 28.4 Å². The number of benzene rings is 3. The van der Waals surface area contributed by atoms with Crippen LogP contribution in [0, 0.1) is 10.1 Å². The molecule has 1 aliphatic rings. The highest BCUT2D eigenvalue weighted by Gasteiger charge is 2.19. The summed E-state index contributed by atoms with van der Waals surface area (Å²) in [5.74, 6) is 1.48. The van der Waals surface area contributed by atoms with E-state index in [1.54, 1.807) is 6.07 Å². The Bertz CT molecular complexity index is 1270. The van der Waals surface area contributed by atoms with Crippen LogP contribution in [0.4, 0.5) is 17.3 Å². The maximum Gasteiger partial charge on any atom is 0.271 e. The molecule has 1 aromatic heterocycles. The number of piperidine rings is 1. The summed E-state index contributed by atoms with van der Waals surface area (Å²) >= 11 is 0. The molecule has 0 atom stereocenters. The molecule has 7 nitrogen and oxygen atoms in total. The molecule has 0 saturated carbocycles. The fourth-order valence-electron chi connectivity index (χ4n) is 4.22. The van der Waals surface area contributed by atoms with E-state index in [0.29, 0.717) is 23.4 Å². The van der Waals surface area contributed by atoms with Gasteiger partial charge in [0.15, 0.2) is 11.6 Å². The number of non-ortho nitro benzene ring substituents is 1. The lowest BCUT2D eigenvalue weighted by Crippen LogP contribution is -2.31. The van der Waals surface area contributed by atoms with Crippen LogP contribution in [0.5, 0.6) is 0 Å². The molecule has 2 heterocycles. The smallest absolute Gasteiger partial charge is 0.271 e. The molecule has 5 rings (SSSR count). The van der Waals surface area contributed by atoms with Crippen molar-refractivity contribution in [1.82, 2.24) is 9.97 Å². The lowest BCUT2D eigenvalue weighted by Gasteiger charge is -2.29. The number of nitro groups is 1. The molecule has 0 radical (unpaired) electrons. The van der Waals surface area contributed by atoms with Gasteiger partial charge in [-0.25, -0.2) is 9.97 Å². The number of aromatic nitrogens is 2. The molecule has 1 N–H and O–H groups in total. The second-order valence-corrected chi connectivity index (χ2v) is 8.29. The minimum Gasteiger partial charge on any atom is -0.363 e. The summed E-state index contributed by atoms with van der Waals surface area (Å²) in [4.78, 5) is 22.6. The maximum absolute atomic E-state index is 11.2. The van der Waals surface area contributed by atoms with Gasteiger partial charge in [-0.2, -0.15) is 0 Å². The summed E-state index contributed by atoms with van der Waals surface area (Å²) in [6, 6.07) is 23.4. The van der Waals surface area contributed by atoms with E-state index in [1.165, 1.54) is 29.7 Å². The Labute approximate surface area is 192 Å². The molecular formula is C26H25N5O2. The van der Waals surface area contributed by atoms with Crippen molar-refractivity contribution in [3.05, 3.63) is 88.5 Å². The van der Waals surface area contributed by atoms with Crippen LogP contribution in [-0.4, -0.2) is 28.0 Å². The van der Waals surface area contributed by atoms with Gasteiger partial charge >= 0.3 is 0 Å².